The Morgan fingerprint density at radius 1 is 1.10 bits per heavy atom. The molecular formula is C22H23ClN4O2S. The average Bonchev–Trinajstić information content (AvgIpc) is 3.44. The molecule has 30 heavy (non-hydrogen) atoms. The third kappa shape index (κ3) is 4.47. The Bertz CT molecular complexity index is 1020. The predicted octanol–water partition coefficient (Wildman–Crippen LogP) is 4.70. The Kier molecular flexibility index (Phi) is 6.59. The van der Waals surface area contributed by atoms with Gasteiger partial charge >= 0.3 is 0 Å². The van der Waals surface area contributed by atoms with Crippen molar-refractivity contribution in [3.8, 4) is 22.8 Å². The zero-order valence-electron chi connectivity index (χ0n) is 16.8. The molecule has 8 heteroatoms. The number of amides is 1. The smallest absolute Gasteiger partial charge is 0.233 e. The minimum absolute atomic E-state index is 0.137. The molecule has 0 spiro atoms. The summed E-state index contributed by atoms with van der Waals surface area (Å²) in [7, 11) is 0. The first-order chi connectivity index (χ1) is 14.7. The van der Waals surface area contributed by atoms with Crippen molar-refractivity contribution < 1.29 is 9.53 Å². The largest absolute Gasteiger partial charge is 0.494 e. The van der Waals surface area contributed by atoms with Gasteiger partial charge in [0.25, 0.3) is 0 Å². The quantitative estimate of drug-likeness (QED) is 0.496. The summed E-state index contributed by atoms with van der Waals surface area (Å²) < 4.78 is 7.50. The average molecular weight is 443 g/mol. The molecule has 156 valence electrons. The Labute approximate surface area is 185 Å². The van der Waals surface area contributed by atoms with Crippen molar-refractivity contribution in [3.63, 3.8) is 0 Å². The number of hydrogen-bond donors (Lipinski definition) is 0. The maximum atomic E-state index is 12.5. The number of halogens is 1. The van der Waals surface area contributed by atoms with Gasteiger partial charge in [0.1, 0.15) is 5.75 Å². The van der Waals surface area contributed by atoms with Crippen molar-refractivity contribution >= 4 is 29.3 Å². The van der Waals surface area contributed by atoms with Gasteiger partial charge < -0.3 is 9.64 Å². The minimum atomic E-state index is 0.137. The van der Waals surface area contributed by atoms with E-state index < -0.39 is 0 Å². The molecular weight excluding hydrogens is 420 g/mol. The van der Waals surface area contributed by atoms with E-state index in [0.29, 0.717) is 28.4 Å². The zero-order valence-corrected chi connectivity index (χ0v) is 18.3. The molecule has 1 amide bonds. The van der Waals surface area contributed by atoms with Crippen molar-refractivity contribution in [1.29, 1.82) is 0 Å². The summed E-state index contributed by atoms with van der Waals surface area (Å²) in [5.41, 5.74) is 1.67. The Balaban J connectivity index is 1.67. The van der Waals surface area contributed by atoms with Gasteiger partial charge in [0, 0.05) is 24.3 Å². The zero-order chi connectivity index (χ0) is 20.9. The fourth-order valence-corrected chi connectivity index (χ4v) is 4.53. The van der Waals surface area contributed by atoms with Gasteiger partial charge in [-0.2, -0.15) is 0 Å². The third-order valence-corrected chi connectivity index (χ3v) is 6.18. The SMILES string of the molecule is CCOc1ccc(-n2c(SCC(=O)N3CCCC3)nnc2-c2ccccc2Cl)cc1. The highest BCUT2D eigenvalue weighted by Crippen LogP contribution is 2.32. The van der Waals surface area contributed by atoms with Crippen LogP contribution < -0.4 is 4.74 Å². The summed E-state index contributed by atoms with van der Waals surface area (Å²) in [6.45, 7) is 4.25. The van der Waals surface area contributed by atoms with Crippen LogP contribution in [-0.4, -0.2) is 51.0 Å². The molecule has 1 saturated heterocycles. The third-order valence-electron chi connectivity index (χ3n) is 4.94. The van der Waals surface area contributed by atoms with Crippen LogP contribution in [0, 0.1) is 0 Å². The molecule has 1 aliphatic heterocycles. The molecule has 0 atom stereocenters. The van der Waals surface area contributed by atoms with Crippen LogP contribution >= 0.6 is 23.4 Å². The summed E-state index contributed by atoms with van der Waals surface area (Å²) in [6.07, 6.45) is 2.16. The van der Waals surface area contributed by atoms with Crippen molar-refractivity contribution in [2.24, 2.45) is 0 Å². The van der Waals surface area contributed by atoms with Crippen LogP contribution in [0.5, 0.6) is 5.75 Å². The second kappa shape index (κ2) is 9.53. The molecule has 1 fully saturated rings. The van der Waals surface area contributed by atoms with Gasteiger partial charge in [-0.15, -0.1) is 10.2 Å². The van der Waals surface area contributed by atoms with E-state index in [-0.39, 0.29) is 5.91 Å². The molecule has 1 aliphatic rings. The first-order valence-electron chi connectivity index (χ1n) is 10.0. The number of nitrogens with zero attached hydrogens (tertiary/aromatic N) is 4. The number of benzene rings is 2. The summed E-state index contributed by atoms with van der Waals surface area (Å²) in [4.78, 5) is 14.4. The number of aromatic nitrogens is 3. The van der Waals surface area contributed by atoms with Gasteiger partial charge in [0.15, 0.2) is 11.0 Å². The second-order valence-corrected chi connectivity index (χ2v) is 8.27. The van der Waals surface area contributed by atoms with E-state index in [0.717, 1.165) is 42.9 Å². The Morgan fingerprint density at radius 3 is 2.53 bits per heavy atom. The summed E-state index contributed by atoms with van der Waals surface area (Å²) in [5, 5.41) is 10.0. The highest BCUT2D eigenvalue weighted by molar-refractivity contribution is 7.99. The Hall–Kier alpha value is -2.51. The lowest BCUT2D eigenvalue weighted by molar-refractivity contribution is -0.127. The van der Waals surface area contributed by atoms with Crippen LogP contribution in [0.15, 0.2) is 53.7 Å². The second-order valence-electron chi connectivity index (χ2n) is 6.92. The first-order valence-corrected chi connectivity index (χ1v) is 11.4. The molecule has 2 aromatic carbocycles. The number of rotatable bonds is 7. The summed E-state index contributed by atoms with van der Waals surface area (Å²) in [5.74, 6) is 1.91. The molecule has 0 aliphatic carbocycles. The van der Waals surface area contributed by atoms with Crippen LogP contribution in [0.25, 0.3) is 17.1 Å². The molecule has 0 bridgehead atoms. The van der Waals surface area contributed by atoms with Crippen molar-refractivity contribution in [3.05, 3.63) is 53.6 Å². The molecule has 6 nitrogen and oxygen atoms in total. The molecule has 0 N–H and O–H groups in total. The molecule has 4 rings (SSSR count). The first kappa shape index (κ1) is 20.8. The topological polar surface area (TPSA) is 60.2 Å². The molecule has 0 radical (unpaired) electrons. The summed E-state index contributed by atoms with van der Waals surface area (Å²) >= 11 is 7.84. The van der Waals surface area contributed by atoms with Crippen LogP contribution in [-0.2, 0) is 4.79 Å². The van der Waals surface area contributed by atoms with E-state index in [1.54, 1.807) is 0 Å². The standard InChI is InChI=1S/C22H23ClN4O2S/c1-2-29-17-11-9-16(10-12-17)27-21(18-7-3-4-8-19(18)23)24-25-22(27)30-15-20(28)26-13-5-6-14-26/h3-4,7-12H,2,5-6,13-15H2,1H3. The number of likely N-dealkylation sites (tertiary alicyclic amines) is 1. The fourth-order valence-electron chi connectivity index (χ4n) is 3.46. The number of thioether (sulfide) groups is 1. The highest BCUT2D eigenvalue weighted by Gasteiger charge is 2.22. The van der Waals surface area contributed by atoms with Crippen molar-refractivity contribution in [2.45, 2.75) is 24.9 Å². The number of carbonyl (C=O) groups is 1. The molecule has 1 aromatic heterocycles. The van der Waals surface area contributed by atoms with E-state index in [9.17, 15) is 4.79 Å². The van der Waals surface area contributed by atoms with E-state index in [1.807, 2.05) is 64.9 Å². The van der Waals surface area contributed by atoms with Gasteiger partial charge in [0.05, 0.1) is 17.4 Å². The number of hydrogen-bond acceptors (Lipinski definition) is 5. The molecule has 0 saturated carbocycles. The monoisotopic (exact) mass is 442 g/mol. The van der Waals surface area contributed by atoms with Crippen LogP contribution in [0.3, 0.4) is 0 Å². The molecule has 2 heterocycles. The maximum Gasteiger partial charge on any atom is 0.233 e. The maximum absolute atomic E-state index is 12.5. The predicted molar refractivity (Wildman–Crippen MR) is 120 cm³/mol. The lowest BCUT2D eigenvalue weighted by Crippen LogP contribution is -2.29. The van der Waals surface area contributed by atoms with Gasteiger partial charge in [-0.05, 0) is 56.2 Å². The van der Waals surface area contributed by atoms with Gasteiger partial charge in [-0.1, -0.05) is 35.5 Å². The van der Waals surface area contributed by atoms with E-state index in [1.165, 1.54) is 11.8 Å². The van der Waals surface area contributed by atoms with Crippen LogP contribution in [0.2, 0.25) is 5.02 Å². The summed E-state index contributed by atoms with van der Waals surface area (Å²) in [6, 6.07) is 15.3. The lowest BCUT2D eigenvalue weighted by atomic mass is 10.2. The number of carbonyl (C=O) groups excluding carboxylic acids is 1. The number of ether oxygens (including phenoxy) is 1. The van der Waals surface area contributed by atoms with Gasteiger partial charge in [0.2, 0.25) is 5.91 Å². The molecule has 0 unspecified atom stereocenters. The van der Waals surface area contributed by atoms with E-state index >= 15 is 0 Å². The van der Waals surface area contributed by atoms with Crippen molar-refractivity contribution in [2.75, 3.05) is 25.4 Å². The molecule has 3 aromatic rings. The normalized spacial score (nSPS) is 13.6. The van der Waals surface area contributed by atoms with Crippen LogP contribution in [0.4, 0.5) is 0 Å². The Morgan fingerprint density at radius 2 is 1.83 bits per heavy atom. The van der Waals surface area contributed by atoms with E-state index in [2.05, 4.69) is 10.2 Å². The van der Waals surface area contributed by atoms with E-state index in [4.69, 9.17) is 16.3 Å². The lowest BCUT2D eigenvalue weighted by Gasteiger charge is -2.15. The highest BCUT2D eigenvalue weighted by atomic mass is 35.5. The van der Waals surface area contributed by atoms with Crippen molar-refractivity contribution in [1.82, 2.24) is 19.7 Å². The van der Waals surface area contributed by atoms with Gasteiger partial charge in [-0.25, -0.2) is 0 Å². The minimum Gasteiger partial charge on any atom is -0.494 e. The van der Waals surface area contributed by atoms with Gasteiger partial charge in [-0.3, -0.25) is 9.36 Å². The van der Waals surface area contributed by atoms with Crippen LogP contribution in [0.1, 0.15) is 19.8 Å². The fraction of sp³-hybridized carbons (Fsp3) is 0.318.